The Labute approximate surface area is 193 Å². The van der Waals surface area contributed by atoms with Crippen molar-refractivity contribution >= 4 is 0 Å². The van der Waals surface area contributed by atoms with Crippen LogP contribution in [0.5, 0.6) is 0 Å². The molecule has 0 fully saturated rings. The van der Waals surface area contributed by atoms with E-state index in [9.17, 15) is 5.26 Å². The van der Waals surface area contributed by atoms with Gasteiger partial charge in [0, 0.05) is 16.7 Å². The molecule has 0 N–H and O–H groups in total. The minimum atomic E-state index is -0.294. The topological polar surface area (TPSA) is 23.8 Å². The van der Waals surface area contributed by atoms with E-state index in [2.05, 4.69) is 6.07 Å². The second-order valence-electron chi connectivity index (χ2n) is 7.85. The summed E-state index contributed by atoms with van der Waals surface area (Å²) in [5.41, 5.74) is 7.23. The second-order valence-corrected chi connectivity index (χ2v) is 7.85. The molecule has 5 aromatic carbocycles. The molecule has 33 heavy (non-hydrogen) atoms. The van der Waals surface area contributed by atoms with Gasteiger partial charge in [-0.25, -0.2) is 4.39 Å². The lowest BCUT2D eigenvalue weighted by Gasteiger charge is -2.15. The molecule has 0 radical (unpaired) electrons. The molecule has 0 atom stereocenters. The Morgan fingerprint density at radius 1 is 0.455 bits per heavy atom. The van der Waals surface area contributed by atoms with Crippen molar-refractivity contribution in [1.82, 2.24) is 0 Å². The highest BCUT2D eigenvalue weighted by Crippen LogP contribution is 2.38. The molecule has 5 rings (SSSR count). The van der Waals surface area contributed by atoms with Crippen LogP contribution < -0.4 is 0 Å². The molecule has 156 valence electrons. The summed E-state index contributed by atoms with van der Waals surface area (Å²) in [6.07, 6.45) is 0. The maximum atomic E-state index is 15.2. The highest BCUT2D eigenvalue weighted by Gasteiger charge is 2.17. The Morgan fingerprint density at radius 3 is 1.39 bits per heavy atom. The van der Waals surface area contributed by atoms with Crippen molar-refractivity contribution < 1.29 is 4.39 Å². The van der Waals surface area contributed by atoms with Gasteiger partial charge in [-0.2, -0.15) is 5.26 Å². The van der Waals surface area contributed by atoms with Crippen LogP contribution in [0.15, 0.2) is 121 Å². The van der Waals surface area contributed by atoms with Gasteiger partial charge in [-0.1, -0.05) is 97.1 Å². The first-order valence-corrected chi connectivity index (χ1v) is 10.8. The van der Waals surface area contributed by atoms with Gasteiger partial charge >= 0.3 is 0 Å². The van der Waals surface area contributed by atoms with Gasteiger partial charge in [-0.05, 0) is 52.1 Å². The van der Waals surface area contributed by atoms with E-state index in [0.29, 0.717) is 11.1 Å². The highest BCUT2D eigenvalue weighted by molar-refractivity contribution is 5.88. The Bertz CT molecular complexity index is 1390. The van der Waals surface area contributed by atoms with E-state index in [1.54, 1.807) is 6.07 Å². The molecule has 0 aliphatic carbocycles. The van der Waals surface area contributed by atoms with E-state index in [1.807, 2.05) is 109 Å². The molecule has 0 aliphatic rings. The van der Waals surface area contributed by atoms with E-state index in [0.717, 1.165) is 38.9 Å². The van der Waals surface area contributed by atoms with Crippen LogP contribution in [0.2, 0.25) is 0 Å². The van der Waals surface area contributed by atoms with Crippen LogP contribution in [0.3, 0.4) is 0 Å². The minimum Gasteiger partial charge on any atom is -0.206 e. The van der Waals surface area contributed by atoms with Gasteiger partial charge in [0.1, 0.15) is 11.9 Å². The van der Waals surface area contributed by atoms with Crippen LogP contribution in [-0.2, 0) is 0 Å². The summed E-state index contributed by atoms with van der Waals surface area (Å²) in [5, 5.41) is 10.1. The van der Waals surface area contributed by atoms with Crippen LogP contribution in [0.1, 0.15) is 5.56 Å². The largest absolute Gasteiger partial charge is 0.206 e. The van der Waals surface area contributed by atoms with Crippen molar-refractivity contribution in [1.29, 1.82) is 5.26 Å². The van der Waals surface area contributed by atoms with Crippen molar-refractivity contribution in [3.8, 4) is 50.6 Å². The van der Waals surface area contributed by atoms with Crippen LogP contribution in [0.25, 0.3) is 44.5 Å². The summed E-state index contributed by atoms with van der Waals surface area (Å²) in [6.45, 7) is 0. The van der Waals surface area contributed by atoms with Crippen molar-refractivity contribution in [2.75, 3.05) is 0 Å². The van der Waals surface area contributed by atoms with Gasteiger partial charge in [0.2, 0.25) is 0 Å². The lowest BCUT2D eigenvalue weighted by Crippen LogP contribution is -1.94. The molecule has 2 heteroatoms. The molecule has 0 bridgehead atoms. The average molecular weight is 426 g/mol. The zero-order valence-electron chi connectivity index (χ0n) is 17.9. The number of hydrogen-bond donors (Lipinski definition) is 0. The fourth-order valence-corrected chi connectivity index (χ4v) is 4.17. The Kier molecular flexibility index (Phi) is 5.54. The van der Waals surface area contributed by atoms with Gasteiger partial charge in [0.25, 0.3) is 0 Å². The van der Waals surface area contributed by atoms with Gasteiger partial charge in [-0.3, -0.25) is 0 Å². The molecular formula is C31H20FN. The predicted molar refractivity (Wildman–Crippen MR) is 133 cm³/mol. The third kappa shape index (κ3) is 4.05. The number of nitriles is 1. The Hall–Kier alpha value is -4.48. The molecule has 1 nitrogen and oxygen atoms in total. The number of hydrogen-bond acceptors (Lipinski definition) is 1. The molecule has 0 aliphatic heterocycles. The van der Waals surface area contributed by atoms with Gasteiger partial charge in [0.15, 0.2) is 0 Å². The predicted octanol–water partition coefficient (Wildman–Crippen LogP) is 8.37. The smallest absolute Gasteiger partial charge is 0.131 e. The molecule has 0 saturated carbocycles. The van der Waals surface area contributed by atoms with E-state index >= 15 is 4.39 Å². The van der Waals surface area contributed by atoms with Crippen LogP contribution in [-0.4, -0.2) is 0 Å². The molecule has 0 saturated heterocycles. The molecule has 0 aromatic heterocycles. The first kappa shape index (κ1) is 20.4. The van der Waals surface area contributed by atoms with E-state index in [4.69, 9.17) is 0 Å². The summed E-state index contributed by atoms with van der Waals surface area (Å²) >= 11 is 0. The average Bonchev–Trinajstić information content (AvgIpc) is 2.89. The molecule has 0 heterocycles. The minimum absolute atomic E-state index is 0.294. The summed E-state index contributed by atoms with van der Waals surface area (Å²) in [5.74, 6) is -0.294. The maximum Gasteiger partial charge on any atom is 0.131 e. The standard InChI is InChI=1S/C31H20FN/c32-31-17-16-25(22-10-4-1-5-11-22)18-29(31)26-19-27(23-12-6-2-7-13-23)30(21-33)28(20-26)24-14-8-3-9-15-24/h1-20H. The van der Waals surface area contributed by atoms with Gasteiger partial charge in [0.05, 0.1) is 5.56 Å². The molecule has 0 unspecified atom stereocenters. The van der Waals surface area contributed by atoms with Gasteiger partial charge in [-0.15, -0.1) is 0 Å². The SMILES string of the molecule is N#Cc1c(-c2ccccc2)cc(-c2cc(-c3ccccc3)ccc2F)cc1-c1ccccc1. The fraction of sp³-hybridized carbons (Fsp3) is 0. The summed E-state index contributed by atoms with van der Waals surface area (Å²) in [7, 11) is 0. The molecular weight excluding hydrogens is 405 g/mol. The van der Waals surface area contributed by atoms with E-state index in [-0.39, 0.29) is 5.82 Å². The zero-order valence-corrected chi connectivity index (χ0v) is 17.9. The van der Waals surface area contributed by atoms with Crippen molar-refractivity contribution in [3.63, 3.8) is 0 Å². The van der Waals surface area contributed by atoms with Gasteiger partial charge < -0.3 is 0 Å². The van der Waals surface area contributed by atoms with Crippen molar-refractivity contribution in [2.24, 2.45) is 0 Å². The lowest BCUT2D eigenvalue weighted by atomic mass is 9.87. The zero-order chi connectivity index (χ0) is 22.6. The highest BCUT2D eigenvalue weighted by atomic mass is 19.1. The first-order chi connectivity index (χ1) is 16.2. The normalized spacial score (nSPS) is 10.5. The lowest BCUT2D eigenvalue weighted by molar-refractivity contribution is 0.631. The molecule has 0 amide bonds. The molecule has 5 aromatic rings. The summed E-state index contributed by atoms with van der Waals surface area (Å²) in [6, 6.07) is 41.0. The Morgan fingerprint density at radius 2 is 0.909 bits per heavy atom. The summed E-state index contributed by atoms with van der Waals surface area (Å²) < 4.78 is 15.2. The quantitative estimate of drug-likeness (QED) is 0.284. The maximum absolute atomic E-state index is 15.2. The fourth-order valence-electron chi connectivity index (χ4n) is 4.17. The van der Waals surface area contributed by atoms with E-state index in [1.165, 1.54) is 6.07 Å². The third-order valence-electron chi connectivity index (χ3n) is 5.80. The third-order valence-corrected chi connectivity index (χ3v) is 5.80. The second kappa shape index (κ2) is 8.94. The number of rotatable bonds is 4. The van der Waals surface area contributed by atoms with Crippen molar-refractivity contribution in [3.05, 3.63) is 133 Å². The number of nitrogens with zero attached hydrogens (tertiary/aromatic N) is 1. The van der Waals surface area contributed by atoms with E-state index < -0.39 is 0 Å². The van der Waals surface area contributed by atoms with Crippen LogP contribution >= 0.6 is 0 Å². The summed E-state index contributed by atoms with van der Waals surface area (Å²) in [4.78, 5) is 0. The first-order valence-electron chi connectivity index (χ1n) is 10.8. The van der Waals surface area contributed by atoms with Crippen LogP contribution in [0.4, 0.5) is 4.39 Å². The van der Waals surface area contributed by atoms with Crippen molar-refractivity contribution in [2.45, 2.75) is 0 Å². The Balaban J connectivity index is 1.78. The van der Waals surface area contributed by atoms with Crippen LogP contribution in [0, 0.1) is 17.1 Å². The molecule has 0 spiro atoms. The number of halogens is 1. The number of benzene rings is 5. The monoisotopic (exact) mass is 425 g/mol.